The maximum atomic E-state index is 11.9. The van der Waals surface area contributed by atoms with E-state index in [0.717, 1.165) is 11.8 Å². The predicted molar refractivity (Wildman–Crippen MR) is 90.3 cm³/mol. The van der Waals surface area contributed by atoms with E-state index in [1.807, 2.05) is 18.1 Å². The lowest BCUT2D eigenvalue weighted by Gasteiger charge is -2.34. The third-order valence-electron chi connectivity index (χ3n) is 4.07. The second-order valence-corrected chi connectivity index (χ2v) is 7.92. The highest BCUT2D eigenvalue weighted by atomic mass is 32.2. The molecule has 0 bridgehead atoms. The molecule has 0 aliphatic carbocycles. The summed E-state index contributed by atoms with van der Waals surface area (Å²) in [7, 11) is -1.90. The van der Waals surface area contributed by atoms with E-state index in [1.165, 1.54) is 12.1 Å². The summed E-state index contributed by atoms with van der Waals surface area (Å²) in [5.41, 5.74) is 1.13. The van der Waals surface area contributed by atoms with E-state index >= 15 is 0 Å². The number of morpholine rings is 1. The van der Waals surface area contributed by atoms with E-state index < -0.39 is 20.4 Å². The van der Waals surface area contributed by atoms with Crippen molar-refractivity contribution in [3.05, 3.63) is 46.3 Å². The van der Waals surface area contributed by atoms with Crippen molar-refractivity contribution < 1.29 is 18.1 Å². The van der Waals surface area contributed by atoms with Gasteiger partial charge >= 0.3 is 0 Å². The van der Waals surface area contributed by atoms with Gasteiger partial charge in [-0.2, -0.15) is 5.10 Å². The number of anilines is 1. The lowest BCUT2D eigenvalue weighted by Crippen LogP contribution is -2.38. The van der Waals surface area contributed by atoms with E-state index in [0.29, 0.717) is 25.4 Å². The average Bonchev–Trinajstić information content (AvgIpc) is 3.00. The fraction of sp³-hybridized carbons (Fsp3) is 0.400. The van der Waals surface area contributed by atoms with Gasteiger partial charge in [0.1, 0.15) is 11.0 Å². The van der Waals surface area contributed by atoms with Crippen molar-refractivity contribution in [2.45, 2.75) is 11.0 Å². The Bertz CT molecular complexity index is 908. The molecule has 3 rings (SSSR count). The highest BCUT2D eigenvalue weighted by molar-refractivity contribution is 7.90. The van der Waals surface area contributed by atoms with Crippen molar-refractivity contribution in [2.24, 2.45) is 7.05 Å². The molecule has 1 aliphatic rings. The molecule has 2 heterocycles. The van der Waals surface area contributed by atoms with Crippen molar-refractivity contribution in [3.8, 4) is 0 Å². The number of hydrogen-bond acceptors (Lipinski definition) is 7. The van der Waals surface area contributed by atoms with Crippen LogP contribution in [0, 0.1) is 10.1 Å². The zero-order valence-electron chi connectivity index (χ0n) is 13.8. The van der Waals surface area contributed by atoms with Crippen LogP contribution in [0.2, 0.25) is 0 Å². The summed E-state index contributed by atoms with van der Waals surface area (Å²) in [6.45, 7) is 1.54. The number of rotatable bonds is 4. The smallest absolute Gasteiger partial charge is 0.288 e. The van der Waals surface area contributed by atoms with Crippen LogP contribution < -0.4 is 4.90 Å². The highest BCUT2D eigenvalue weighted by Crippen LogP contribution is 2.31. The molecule has 0 amide bonds. The number of aryl methyl sites for hydroxylation is 1. The normalized spacial score (nSPS) is 18.3. The third kappa shape index (κ3) is 3.64. The molecule has 0 spiro atoms. The first-order valence-electron chi connectivity index (χ1n) is 7.59. The summed E-state index contributed by atoms with van der Waals surface area (Å²) >= 11 is 0. The molecular formula is C15H18N4O5S. The molecular weight excluding hydrogens is 348 g/mol. The number of benzene rings is 1. The molecule has 25 heavy (non-hydrogen) atoms. The minimum Gasteiger partial charge on any atom is -0.370 e. The Morgan fingerprint density at radius 3 is 2.76 bits per heavy atom. The molecule has 9 nitrogen and oxygen atoms in total. The van der Waals surface area contributed by atoms with Crippen molar-refractivity contribution in [3.63, 3.8) is 0 Å². The number of hydrogen-bond donors (Lipinski definition) is 0. The standard InChI is InChI=1S/C15H18N4O5S/c1-17-9-11(8-16-17)14-10-18(5-6-24-14)12-3-4-13(19(20)21)15(7-12)25(2,22)23/h3-4,7-9,14H,5-6,10H2,1-2H3. The second kappa shape index (κ2) is 6.45. The van der Waals surface area contributed by atoms with E-state index in [1.54, 1.807) is 16.9 Å². The molecule has 1 aromatic heterocycles. The lowest BCUT2D eigenvalue weighted by molar-refractivity contribution is -0.387. The van der Waals surface area contributed by atoms with E-state index in [9.17, 15) is 18.5 Å². The highest BCUT2D eigenvalue weighted by Gasteiger charge is 2.27. The number of ether oxygens (including phenoxy) is 1. The SMILES string of the molecule is Cn1cc(C2CN(c3ccc([N+](=O)[O-])c(S(C)(=O)=O)c3)CCO2)cn1. The first-order valence-corrected chi connectivity index (χ1v) is 9.48. The molecule has 134 valence electrons. The largest absolute Gasteiger partial charge is 0.370 e. The second-order valence-electron chi connectivity index (χ2n) is 5.93. The Kier molecular flexibility index (Phi) is 4.48. The van der Waals surface area contributed by atoms with Crippen LogP contribution in [-0.2, 0) is 21.6 Å². The van der Waals surface area contributed by atoms with Crippen LogP contribution >= 0.6 is 0 Å². The molecule has 1 atom stereocenters. The van der Waals surface area contributed by atoms with Crippen molar-refractivity contribution in [1.29, 1.82) is 0 Å². The third-order valence-corrected chi connectivity index (χ3v) is 5.19. The molecule has 2 aromatic rings. The molecule has 10 heteroatoms. The summed E-state index contributed by atoms with van der Waals surface area (Å²) in [5.74, 6) is 0. The quantitative estimate of drug-likeness (QED) is 0.593. The Hall–Kier alpha value is -2.46. The fourth-order valence-electron chi connectivity index (χ4n) is 2.84. The molecule has 1 aromatic carbocycles. The van der Waals surface area contributed by atoms with Gasteiger partial charge in [-0.25, -0.2) is 8.42 Å². The molecule has 0 saturated carbocycles. The number of nitrogens with zero attached hydrogens (tertiary/aromatic N) is 4. The first kappa shape index (κ1) is 17.4. The molecule has 0 N–H and O–H groups in total. The van der Waals surface area contributed by atoms with Crippen LogP contribution in [0.25, 0.3) is 0 Å². The monoisotopic (exact) mass is 366 g/mol. The Morgan fingerprint density at radius 2 is 2.16 bits per heavy atom. The van der Waals surface area contributed by atoms with Gasteiger partial charge in [-0.1, -0.05) is 0 Å². The summed E-state index contributed by atoms with van der Waals surface area (Å²) in [5, 5.41) is 15.2. The molecule has 1 fully saturated rings. The van der Waals surface area contributed by atoms with Crippen LogP contribution in [0.4, 0.5) is 11.4 Å². The van der Waals surface area contributed by atoms with Crippen LogP contribution in [0.3, 0.4) is 0 Å². The van der Waals surface area contributed by atoms with Gasteiger partial charge in [0.25, 0.3) is 5.69 Å². The Morgan fingerprint density at radius 1 is 1.40 bits per heavy atom. The van der Waals surface area contributed by atoms with Crippen LogP contribution in [0.1, 0.15) is 11.7 Å². The van der Waals surface area contributed by atoms with Crippen LogP contribution in [0.15, 0.2) is 35.5 Å². The van der Waals surface area contributed by atoms with Gasteiger partial charge in [0.2, 0.25) is 0 Å². The van der Waals surface area contributed by atoms with Gasteiger partial charge < -0.3 is 9.64 Å². The van der Waals surface area contributed by atoms with E-state index in [4.69, 9.17) is 4.74 Å². The summed E-state index contributed by atoms with van der Waals surface area (Å²) in [6, 6.07) is 4.16. The zero-order chi connectivity index (χ0) is 18.2. The molecule has 1 saturated heterocycles. The minimum atomic E-state index is -3.71. The van der Waals surface area contributed by atoms with Crippen LogP contribution in [0.5, 0.6) is 0 Å². The summed E-state index contributed by atoms with van der Waals surface area (Å²) in [4.78, 5) is 12.1. The molecule has 1 aliphatic heterocycles. The maximum Gasteiger partial charge on any atom is 0.288 e. The van der Waals surface area contributed by atoms with Gasteiger partial charge in [0, 0.05) is 49.9 Å². The number of sulfone groups is 1. The maximum absolute atomic E-state index is 11.9. The number of nitro groups is 1. The summed E-state index contributed by atoms with van der Waals surface area (Å²) < 4.78 is 31.3. The number of nitro benzene ring substituents is 1. The van der Waals surface area contributed by atoms with Gasteiger partial charge in [-0.15, -0.1) is 0 Å². The van der Waals surface area contributed by atoms with Gasteiger partial charge in [-0.05, 0) is 12.1 Å². The lowest BCUT2D eigenvalue weighted by atomic mass is 10.1. The molecule has 1 unspecified atom stereocenters. The topological polar surface area (TPSA) is 108 Å². The van der Waals surface area contributed by atoms with Gasteiger partial charge in [0.05, 0.1) is 17.7 Å². The minimum absolute atomic E-state index is 0.195. The van der Waals surface area contributed by atoms with Crippen molar-refractivity contribution >= 4 is 21.2 Å². The van der Waals surface area contributed by atoms with Crippen molar-refractivity contribution in [1.82, 2.24) is 9.78 Å². The Balaban J connectivity index is 1.92. The number of aromatic nitrogens is 2. The van der Waals surface area contributed by atoms with Crippen molar-refractivity contribution in [2.75, 3.05) is 30.9 Å². The van der Waals surface area contributed by atoms with Crippen LogP contribution in [-0.4, -0.2) is 49.1 Å². The Labute approximate surface area is 144 Å². The predicted octanol–water partition coefficient (Wildman–Crippen LogP) is 1.31. The van der Waals surface area contributed by atoms with Gasteiger partial charge in [0.15, 0.2) is 9.84 Å². The molecule has 0 radical (unpaired) electrons. The first-order chi connectivity index (χ1) is 11.8. The zero-order valence-corrected chi connectivity index (χ0v) is 14.6. The van der Waals surface area contributed by atoms with Gasteiger partial charge in [-0.3, -0.25) is 14.8 Å². The van der Waals surface area contributed by atoms with E-state index in [-0.39, 0.29) is 11.0 Å². The fourth-order valence-corrected chi connectivity index (χ4v) is 3.70. The summed E-state index contributed by atoms with van der Waals surface area (Å²) in [6.07, 6.45) is 4.37. The van der Waals surface area contributed by atoms with E-state index in [2.05, 4.69) is 5.10 Å². The average molecular weight is 366 g/mol.